The lowest BCUT2D eigenvalue weighted by molar-refractivity contribution is -0.140. The summed E-state index contributed by atoms with van der Waals surface area (Å²) in [5.74, 6) is -3.07. The van der Waals surface area contributed by atoms with E-state index >= 15 is 0 Å². The summed E-state index contributed by atoms with van der Waals surface area (Å²) in [7, 11) is -1.88. The number of methoxy groups -OCH3 is 1. The van der Waals surface area contributed by atoms with Crippen molar-refractivity contribution >= 4 is 39.4 Å². The Kier molecular flexibility index (Phi) is 12.5. The molecule has 1 aliphatic heterocycles. The molecule has 0 saturated carbocycles. The van der Waals surface area contributed by atoms with E-state index in [2.05, 4.69) is 14.7 Å². The zero-order valence-electron chi connectivity index (χ0n) is 25.9. The second kappa shape index (κ2) is 15.9. The molecule has 3 aromatic rings. The molecule has 0 radical (unpaired) electrons. The van der Waals surface area contributed by atoms with E-state index in [9.17, 15) is 35.6 Å². The fourth-order valence-corrected chi connectivity index (χ4v) is 5.42. The van der Waals surface area contributed by atoms with E-state index < -0.39 is 63.5 Å². The summed E-state index contributed by atoms with van der Waals surface area (Å²) in [5, 5.41) is 0. The first-order chi connectivity index (χ1) is 21.7. The van der Waals surface area contributed by atoms with E-state index in [1.807, 2.05) is 6.92 Å². The summed E-state index contributed by atoms with van der Waals surface area (Å²) in [6.45, 7) is 5.54. The van der Waals surface area contributed by atoms with Crippen LogP contribution in [-0.2, 0) is 32.0 Å². The molecule has 2 amide bonds. The largest absolute Gasteiger partial charge is 0.419 e. The molecule has 2 aromatic carbocycles. The third-order valence-electron chi connectivity index (χ3n) is 7.29. The molecule has 0 fully saturated rings. The lowest BCUT2D eigenvalue weighted by atomic mass is 10.0. The van der Waals surface area contributed by atoms with Crippen LogP contribution in [0.1, 0.15) is 42.3 Å². The van der Waals surface area contributed by atoms with Gasteiger partial charge in [-0.1, -0.05) is 31.2 Å². The van der Waals surface area contributed by atoms with Crippen LogP contribution in [0.2, 0.25) is 0 Å². The Morgan fingerprint density at radius 1 is 1.09 bits per heavy atom. The zero-order valence-corrected chi connectivity index (χ0v) is 26.7. The maximum atomic E-state index is 13.9. The summed E-state index contributed by atoms with van der Waals surface area (Å²) in [5.41, 5.74) is -0.927. The van der Waals surface area contributed by atoms with Gasteiger partial charge in [-0.2, -0.15) is 13.2 Å². The number of nitrogens with zero attached hydrogens (tertiary/aromatic N) is 4. The van der Waals surface area contributed by atoms with Gasteiger partial charge in [0.1, 0.15) is 5.82 Å². The van der Waals surface area contributed by atoms with Crippen molar-refractivity contribution in [2.45, 2.75) is 45.5 Å². The minimum Gasteiger partial charge on any atom is -0.385 e. The molecule has 0 N–H and O–H groups in total. The third-order valence-corrected chi connectivity index (χ3v) is 8.97. The van der Waals surface area contributed by atoms with E-state index in [0.717, 1.165) is 12.7 Å². The molecule has 0 bridgehead atoms. The number of alkyl halides is 3. The Morgan fingerprint density at radius 2 is 1.76 bits per heavy atom. The lowest BCUT2D eigenvalue weighted by Crippen LogP contribution is -2.56. The van der Waals surface area contributed by atoms with Crippen molar-refractivity contribution in [3.8, 4) is 0 Å². The topological polar surface area (TPSA) is 109 Å². The van der Waals surface area contributed by atoms with E-state index in [4.69, 9.17) is 0 Å². The number of pyridine rings is 1. The number of halogens is 4. The van der Waals surface area contributed by atoms with Crippen molar-refractivity contribution in [2.24, 2.45) is 4.99 Å². The number of aliphatic imine (C=N–C) groups is 1. The van der Waals surface area contributed by atoms with Crippen LogP contribution in [0.25, 0.3) is 0 Å². The molecule has 0 spiro atoms. The first-order valence-corrected chi connectivity index (χ1v) is 16.3. The Balaban J connectivity index is 0.00000136. The molecular formula is C32H36F4N4O5S. The molecule has 2 atom stereocenters. The van der Waals surface area contributed by atoms with Crippen LogP contribution in [0.15, 0.2) is 71.9 Å². The standard InChI is InChI=1S/C29H28F4N4O4S.C3H8O/c1-3-42(40,41)15-14-36(26(38)17-20-11-12-24(30)23(16-20)29(31,32)33)19(2)25-18-35-27-22(10-7-13-34-27)28(39)37(25)21-8-5-4-6-9-21;1-3-4-2/h4-13,16,18-19,25H,3,14-15,17H2,1-2H3;3H2,1-2H3. The maximum Gasteiger partial charge on any atom is 0.419 e. The summed E-state index contributed by atoms with van der Waals surface area (Å²) < 4.78 is 83.2. The minimum absolute atomic E-state index is 0.105. The quantitative estimate of drug-likeness (QED) is 0.264. The summed E-state index contributed by atoms with van der Waals surface area (Å²) in [6, 6.07) is 12.2. The highest BCUT2D eigenvalue weighted by Gasteiger charge is 2.38. The van der Waals surface area contributed by atoms with E-state index in [-0.39, 0.29) is 29.2 Å². The summed E-state index contributed by atoms with van der Waals surface area (Å²) >= 11 is 0. The molecule has 46 heavy (non-hydrogen) atoms. The second-order valence-corrected chi connectivity index (χ2v) is 12.8. The lowest BCUT2D eigenvalue weighted by Gasteiger charge is -2.38. The van der Waals surface area contributed by atoms with Gasteiger partial charge >= 0.3 is 6.18 Å². The van der Waals surface area contributed by atoms with E-state index in [1.54, 1.807) is 56.5 Å². The second-order valence-electron chi connectivity index (χ2n) is 10.3. The average Bonchev–Trinajstić information content (AvgIpc) is 3.18. The number of carbonyl (C=O) groups is 2. The number of hydrogen-bond acceptors (Lipinski definition) is 7. The van der Waals surface area contributed by atoms with Crippen LogP contribution < -0.4 is 4.90 Å². The first kappa shape index (κ1) is 36.3. The van der Waals surface area contributed by atoms with E-state index in [0.29, 0.717) is 17.8 Å². The summed E-state index contributed by atoms with van der Waals surface area (Å²) in [6.07, 6.45) is -2.61. The molecule has 4 rings (SSSR count). The van der Waals surface area contributed by atoms with Gasteiger partial charge in [0.15, 0.2) is 15.7 Å². The maximum absolute atomic E-state index is 13.9. The van der Waals surface area contributed by atoms with Crippen molar-refractivity contribution in [1.82, 2.24) is 9.88 Å². The molecule has 9 nitrogen and oxygen atoms in total. The number of anilines is 1. The van der Waals surface area contributed by atoms with Crippen molar-refractivity contribution in [2.75, 3.05) is 36.7 Å². The van der Waals surface area contributed by atoms with Crippen molar-refractivity contribution in [3.63, 3.8) is 0 Å². The number of hydrogen-bond donors (Lipinski definition) is 0. The smallest absolute Gasteiger partial charge is 0.385 e. The van der Waals surface area contributed by atoms with Gasteiger partial charge in [-0.25, -0.2) is 22.8 Å². The SMILES string of the molecule is CCOC.CCS(=O)(=O)CCN(C(=O)Cc1ccc(F)c(C(F)(F)F)c1)C(C)C1C=Nc2ncccc2C(=O)N1c1ccccc1. The molecule has 2 heterocycles. The van der Waals surface area contributed by atoms with Crippen LogP contribution in [0, 0.1) is 5.82 Å². The Morgan fingerprint density at radius 3 is 2.37 bits per heavy atom. The highest BCUT2D eigenvalue weighted by Crippen LogP contribution is 2.33. The van der Waals surface area contributed by atoms with Crippen LogP contribution in [-0.4, -0.2) is 80.2 Å². The normalized spacial score (nSPS) is 15.3. The van der Waals surface area contributed by atoms with Gasteiger partial charge in [0.25, 0.3) is 5.91 Å². The molecule has 2 unspecified atom stereocenters. The zero-order chi connectivity index (χ0) is 34.1. The number of amides is 2. The highest BCUT2D eigenvalue weighted by atomic mass is 32.2. The monoisotopic (exact) mass is 664 g/mol. The minimum atomic E-state index is -4.97. The Labute approximate surface area is 265 Å². The van der Waals surface area contributed by atoms with Gasteiger partial charge in [0.05, 0.1) is 35.4 Å². The van der Waals surface area contributed by atoms with Gasteiger partial charge in [0, 0.05) is 44.1 Å². The number of rotatable bonds is 10. The number of fused-ring (bicyclic) bond motifs is 1. The van der Waals surface area contributed by atoms with E-state index in [1.165, 1.54) is 29.1 Å². The third kappa shape index (κ3) is 9.19. The van der Waals surface area contributed by atoms with Crippen LogP contribution in [0.4, 0.5) is 29.1 Å². The van der Waals surface area contributed by atoms with Crippen LogP contribution in [0.5, 0.6) is 0 Å². The van der Waals surface area contributed by atoms with Gasteiger partial charge < -0.3 is 9.64 Å². The number of carbonyl (C=O) groups excluding carboxylic acids is 2. The Hall–Kier alpha value is -4.17. The molecule has 0 aliphatic carbocycles. The van der Waals surface area contributed by atoms with Gasteiger partial charge in [-0.05, 0) is 55.8 Å². The van der Waals surface area contributed by atoms with Gasteiger partial charge in [0.2, 0.25) is 5.91 Å². The van der Waals surface area contributed by atoms with Crippen LogP contribution >= 0.6 is 0 Å². The summed E-state index contributed by atoms with van der Waals surface area (Å²) in [4.78, 5) is 38.7. The number of aromatic nitrogens is 1. The molecular weight excluding hydrogens is 628 g/mol. The molecule has 1 aromatic heterocycles. The van der Waals surface area contributed by atoms with Crippen molar-refractivity contribution in [3.05, 3.63) is 89.4 Å². The number of sulfone groups is 1. The molecule has 248 valence electrons. The van der Waals surface area contributed by atoms with Crippen molar-refractivity contribution < 1.29 is 40.3 Å². The predicted octanol–water partition coefficient (Wildman–Crippen LogP) is 5.52. The fraction of sp³-hybridized carbons (Fsp3) is 0.375. The van der Waals surface area contributed by atoms with Gasteiger partial charge in [-0.3, -0.25) is 14.5 Å². The molecule has 0 saturated heterocycles. The number of benzene rings is 2. The highest BCUT2D eigenvalue weighted by molar-refractivity contribution is 7.91. The predicted molar refractivity (Wildman–Crippen MR) is 168 cm³/mol. The molecule has 14 heteroatoms. The van der Waals surface area contributed by atoms with Gasteiger partial charge in [-0.15, -0.1) is 0 Å². The average molecular weight is 665 g/mol. The number of ether oxygens (including phenoxy) is 1. The van der Waals surface area contributed by atoms with Crippen LogP contribution in [0.3, 0.4) is 0 Å². The number of para-hydroxylation sites is 1. The first-order valence-electron chi connectivity index (χ1n) is 14.5. The fourth-order valence-electron chi connectivity index (χ4n) is 4.66. The molecule has 1 aliphatic rings. The Bertz CT molecular complexity index is 1630. The van der Waals surface area contributed by atoms with Crippen molar-refractivity contribution in [1.29, 1.82) is 0 Å².